The van der Waals surface area contributed by atoms with E-state index in [0.29, 0.717) is 29.7 Å². The van der Waals surface area contributed by atoms with Crippen LogP contribution in [0.1, 0.15) is 23.7 Å². The van der Waals surface area contributed by atoms with Crippen molar-refractivity contribution in [3.63, 3.8) is 0 Å². The van der Waals surface area contributed by atoms with Crippen LogP contribution in [0, 0.1) is 5.92 Å². The Bertz CT molecular complexity index is 500. The summed E-state index contributed by atoms with van der Waals surface area (Å²) < 4.78 is 5.45. The van der Waals surface area contributed by atoms with Gasteiger partial charge in [0, 0.05) is 29.8 Å². The number of nitrogens with one attached hydrogen (secondary N) is 1. The van der Waals surface area contributed by atoms with Crippen molar-refractivity contribution < 1.29 is 9.53 Å². The van der Waals surface area contributed by atoms with E-state index in [9.17, 15) is 4.79 Å². The summed E-state index contributed by atoms with van der Waals surface area (Å²) in [7, 11) is 0. The highest BCUT2D eigenvalue weighted by molar-refractivity contribution is 6.31. The molecule has 0 saturated carbocycles. The lowest BCUT2D eigenvalue weighted by atomic mass is 9.99. The molecular formula is C14H17ClN2O2. The van der Waals surface area contributed by atoms with Gasteiger partial charge in [-0.05, 0) is 31.5 Å². The zero-order chi connectivity index (χ0) is 13.4. The number of carbonyl (C=O) groups is 1. The summed E-state index contributed by atoms with van der Waals surface area (Å²) in [4.78, 5) is 14.4. The van der Waals surface area contributed by atoms with Gasteiger partial charge >= 0.3 is 0 Å². The Morgan fingerprint density at radius 2 is 2.37 bits per heavy atom. The summed E-state index contributed by atoms with van der Waals surface area (Å²) in [5.74, 6) is 0.417. The van der Waals surface area contributed by atoms with Crippen LogP contribution in [0.5, 0.6) is 0 Å². The third-order valence-electron chi connectivity index (χ3n) is 3.86. The average molecular weight is 281 g/mol. The van der Waals surface area contributed by atoms with E-state index >= 15 is 0 Å². The first kappa shape index (κ1) is 12.8. The van der Waals surface area contributed by atoms with Gasteiger partial charge < -0.3 is 15.0 Å². The quantitative estimate of drug-likeness (QED) is 0.905. The van der Waals surface area contributed by atoms with Crippen LogP contribution in [-0.2, 0) is 4.74 Å². The van der Waals surface area contributed by atoms with Crippen molar-refractivity contribution in [2.75, 3.05) is 25.1 Å². The van der Waals surface area contributed by atoms with Gasteiger partial charge in [0.25, 0.3) is 5.91 Å². The van der Waals surface area contributed by atoms with E-state index < -0.39 is 0 Å². The molecule has 0 bridgehead atoms. The number of hydrogen-bond acceptors (Lipinski definition) is 3. The van der Waals surface area contributed by atoms with E-state index in [-0.39, 0.29) is 12.1 Å². The van der Waals surface area contributed by atoms with Crippen LogP contribution in [0.3, 0.4) is 0 Å². The molecule has 1 N–H and O–H groups in total. The van der Waals surface area contributed by atoms with Gasteiger partial charge in [-0.25, -0.2) is 0 Å². The maximum atomic E-state index is 12.5. The van der Waals surface area contributed by atoms with E-state index in [4.69, 9.17) is 16.3 Å². The number of benzene rings is 1. The standard InChI is InChI=1S/C14H17ClN2O2/c1-2-17-13(9-5-6-19-8-9)16-12-7-10(15)3-4-11(12)14(17)18/h3-4,7,9,13,16H,2,5-6,8H2,1H3. The molecule has 1 fully saturated rings. The molecule has 4 nitrogen and oxygen atoms in total. The molecule has 5 heteroatoms. The van der Waals surface area contributed by atoms with Gasteiger partial charge in [0.1, 0.15) is 6.17 Å². The Morgan fingerprint density at radius 1 is 1.53 bits per heavy atom. The van der Waals surface area contributed by atoms with Crippen molar-refractivity contribution in [3.8, 4) is 0 Å². The first-order valence-electron chi connectivity index (χ1n) is 6.65. The molecule has 1 aromatic rings. The smallest absolute Gasteiger partial charge is 0.257 e. The number of nitrogens with zero attached hydrogens (tertiary/aromatic N) is 1. The van der Waals surface area contributed by atoms with Crippen molar-refractivity contribution in [2.45, 2.75) is 19.5 Å². The highest BCUT2D eigenvalue weighted by Gasteiger charge is 2.37. The molecule has 0 spiro atoms. The molecule has 0 aliphatic carbocycles. The van der Waals surface area contributed by atoms with Crippen LogP contribution in [0.25, 0.3) is 0 Å². The molecular weight excluding hydrogens is 264 g/mol. The van der Waals surface area contributed by atoms with Gasteiger partial charge in [0.2, 0.25) is 0 Å². The van der Waals surface area contributed by atoms with Crippen molar-refractivity contribution in [1.82, 2.24) is 4.90 Å². The molecule has 102 valence electrons. The number of ether oxygens (including phenoxy) is 1. The molecule has 2 unspecified atom stereocenters. The monoisotopic (exact) mass is 280 g/mol. The number of amides is 1. The molecule has 0 aromatic heterocycles. The summed E-state index contributed by atoms with van der Waals surface area (Å²) in [5.41, 5.74) is 1.53. The van der Waals surface area contributed by atoms with Gasteiger partial charge in [0.05, 0.1) is 12.2 Å². The molecule has 1 saturated heterocycles. The van der Waals surface area contributed by atoms with Gasteiger partial charge in [-0.15, -0.1) is 0 Å². The minimum absolute atomic E-state index is 0.00552. The maximum absolute atomic E-state index is 12.5. The lowest BCUT2D eigenvalue weighted by Crippen LogP contribution is -2.52. The van der Waals surface area contributed by atoms with Crippen LogP contribution in [-0.4, -0.2) is 36.7 Å². The topological polar surface area (TPSA) is 41.6 Å². The fraction of sp³-hybridized carbons (Fsp3) is 0.500. The molecule has 2 atom stereocenters. The minimum Gasteiger partial charge on any atom is -0.381 e. The van der Waals surface area contributed by atoms with E-state index in [1.165, 1.54) is 0 Å². The Hall–Kier alpha value is -1.26. The second-order valence-corrected chi connectivity index (χ2v) is 5.43. The third kappa shape index (κ3) is 2.19. The first-order valence-corrected chi connectivity index (χ1v) is 7.03. The molecule has 2 aliphatic rings. The maximum Gasteiger partial charge on any atom is 0.257 e. The normalized spacial score (nSPS) is 26.2. The van der Waals surface area contributed by atoms with Crippen LogP contribution in [0.15, 0.2) is 18.2 Å². The Kier molecular flexibility index (Phi) is 3.37. The molecule has 1 aromatic carbocycles. The summed E-state index contributed by atoms with van der Waals surface area (Å²) in [5, 5.41) is 4.10. The Balaban J connectivity index is 1.96. The van der Waals surface area contributed by atoms with Gasteiger partial charge in [-0.1, -0.05) is 11.6 Å². The number of rotatable bonds is 2. The summed E-state index contributed by atoms with van der Waals surface area (Å²) in [6.45, 7) is 4.17. The fourth-order valence-electron chi connectivity index (χ4n) is 2.86. The van der Waals surface area contributed by atoms with Crippen LogP contribution >= 0.6 is 11.6 Å². The van der Waals surface area contributed by atoms with E-state index in [1.54, 1.807) is 12.1 Å². The molecule has 1 amide bonds. The molecule has 0 radical (unpaired) electrons. The third-order valence-corrected chi connectivity index (χ3v) is 4.10. The van der Waals surface area contributed by atoms with Crippen molar-refractivity contribution in [2.24, 2.45) is 5.92 Å². The van der Waals surface area contributed by atoms with Crippen molar-refractivity contribution >= 4 is 23.2 Å². The molecule has 2 heterocycles. The average Bonchev–Trinajstić information content (AvgIpc) is 2.91. The first-order chi connectivity index (χ1) is 9.20. The minimum atomic E-state index is 0.00552. The predicted molar refractivity (Wildman–Crippen MR) is 74.5 cm³/mol. The Labute approximate surface area is 117 Å². The number of carbonyl (C=O) groups excluding carboxylic acids is 1. The highest BCUT2D eigenvalue weighted by Crippen LogP contribution is 2.32. The highest BCUT2D eigenvalue weighted by atomic mass is 35.5. The fourth-order valence-corrected chi connectivity index (χ4v) is 3.03. The zero-order valence-corrected chi connectivity index (χ0v) is 11.6. The van der Waals surface area contributed by atoms with E-state index in [0.717, 1.165) is 18.7 Å². The second-order valence-electron chi connectivity index (χ2n) is 4.99. The molecule has 2 aliphatic heterocycles. The van der Waals surface area contributed by atoms with Crippen molar-refractivity contribution in [3.05, 3.63) is 28.8 Å². The number of halogens is 1. The molecule has 19 heavy (non-hydrogen) atoms. The summed E-state index contributed by atoms with van der Waals surface area (Å²) in [6, 6.07) is 5.37. The Morgan fingerprint density at radius 3 is 3.05 bits per heavy atom. The summed E-state index contributed by atoms with van der Waals surface area (Å²) in [6.07, 6.45) is 0.989. The SMILES string of the molecule is CCN1C(=O)c2ccc(Cl)cc2NC1C1CCOC1. The van der Waals surface area contributed by atoms with Gasteiger partial charge in [-0.3, -0.25) is 4.79 Å². The number of anilines is 1. The lowest BCUT2D eigenvalue weighted by molar-refractivity contribution is 0.0621. The van der Waals surface area contributed by atoms with Crippen LogP contribution in [0.4, 0.5) is 5.69 Å². The van der Waals surface area contributed by atoms with Gasteiger partial charge in [-0.2, -0.15) is 0 Å². The zero-order valence-electron chi connectivity index (χ0n) is 10.9. The van der Waals surface area contributed by atoms with Crippen molar-refractivity contribution in [1.29, 1.82) is 0 Å². The number of fused-ring (bicyclic) bond motifs is 1. The predicted octanol–water partition coefficient (Wildman–Crippen LogP) is 2.59. The lowest BCUT2D eigenvalue weighted by Gasteiger charge is -2.40. The van der Waals surface area contributed by atoms with Crippen LogP contribution < -0.4 is 5.32 Å². The second kappa shape index (κ2) is 5.02. The summed E-state index contributed by atoms with van der Waals surface area (Å²) >= 11 is 6.01. The number of hydrogen-bond donors (Lipinski definition) is 1. The van der Waals surface area contributed by atoms with E-state index in [2.05, 4.69) is 5.32 Å². The van der Waals surface area contributed by atoms with E-state index in [1.807, 2.05) is 17.9 Å². The van der Waals surface area contributed by atoms with Gasteiger partial charge in [0.15, 0.2) is 0 Å². The molecule has 3 rings (SSSR count). The largest absolute Gasteiger partial charge is 0.381 e. The van der Waals surface area contributed by atoms with Crippen LogP contribution in [0.2, 0.25) is 5.02 Å².